The van der Waals surface area contributed by atoms with Crippen molar-refractivity contribution in [3.8, 4) is 0 Å². The molecule has 0 bridgehead atoms. The fraction of sp³-hybridized carbons (Fsp3) is 0.462. The smallest absolute Gasteiger partial charge is 0.238 e. The summed E-state index contributed by atoms with van der Waals surface area (Å²) >= 11 is 0. The SMILES string of the molecule is Cc1ccc(NC(=O)CN2CC[C@@H](N)C2)cc1F.Cl. The van der Waals surface area contributed by atoms with E-state index < -0.39 is 0 Å². The van der Waals surface area contributed by atoms with E-state index in [9.17, 15) is 9.18 Å². The van der Waals surface area contributed by atoms with Gasteiger partial charge in [0.2, 0.25) is 5.91 Å². The Morgan fingerprint density at radius 2 is 2.32 bits per heavy atom. The molecule has 0 aliphatic carbocycles. The molecule has 1 aromatic rings. The minimum absolute atomic E-state index is 0. The van der Waals surface area contributed by atoms with E-state index in [1.54, 1.807) is 19.1 Å². The van der Waals surface area contributed by atoms with Crippen LogP contribution in [-0.4, -0.2) is 36.5 Å². The second kappa shape index (κ2) is 6.84. The Morgan fingerprint density at radius 1 is 1.58 bits per heavy atom. The molecule has 1 amide bonds. The van der Waals surface area contributed by atoms with E-state index in [1.165, 1.54) is 6.07 Å². The van der Waals surface area contributed by atoms with Crippen LogP contribution < -0.4 is 11.1 Å². The molecule has 1 heterocycles. The highest BCUT2D eigenvalue weighted by Crippen LogP contribution is 2.14. The Morgan fingerprint density at radius 3 is 2.89 bits per heavy atom. The molecule has 4 nitrogen and oxygen atoms in total. The largest absolute Gasteiger partial charge is 0.326 e. The molecule has 19 heavy (non-hydrogen) atoms. The summed E-state index contributed by atoms with van der Waals surface area (Å²) in [4.78, 5) is 13.8. The van der Waals surface area contributed by atoms with Crippen LogP contribution in [0.15, 0.2) is 18.2 Å². The first-order valence-electron chi connectivity index (χ1n) is 6.08. The Bertz CT molecular complexity index is 456. The van der Waals surface area contributed by atoms with E-state index in [1.807, 2.05) is 4.90 Å². The molecule has 1 atom stereocenters. The molecule has 0 unspecified atom stereocenters. The Balaban J connectivity index is 0.00000180. The first kappa shape index (κ1) is 15.9. The van der Waals surface area contributed by atoms with E-state index in [-0.39, 0.29) is 30.2 Å². The van der Waals surface area contributed by atoms with E-state index in [4.69, 9.17) is 5.73 Å². The van der Waals surface area contributed by atoms with Crippen molar-refractivity contribution in [2.24, 2.45) is 5.73 Å². The number of amides is 1. The van der Waals surface area contributed by atoms with Crippen molar-refractivity contribution in [3.63, 3.8) is 0 Å². The number of carbonyl (C=O) groups is 1. The Hall–Kier alpha value is -1.17. The van der Waals surface area contributed by atoms with Gasteiger partial charge in [0.05, 0.1) is 6.54 Å². The van der Waals surface area contributed by atoms with Crippen molar-refractivity contribution >= 4 is 24.0 Å². The maximum Gasteiger partial charge on any atom is 0.238 e. The fourth-order valence-corrected chi connectivity index (χ4v) is 2.08. The number of likely N-dealkylation sites (tertiary alicyclic amines) is 1. The molecule has 106 valence electrons. The highest BCUT2D eigenvalue weighted by molar-refractivity contribution is 5.92. The van der Waals surface area contributed by atoms with E-state index in [0.717, 1.165) is 19.5 Å². The van der Waals surface area contributed by atoms with Gasteiger partial charge in [-0.15, -0.1) is 12.4 Å². The summed E-state index contributed by atoms with van der Waals surface area (Å²) in [6.07, 6.45) is 0.923. The summed E-state index contributed by atoms with van der Waals surface area (Å²) in [5.74, 6) is -0.441. The van der Waals surface area contributed by atoms with Gasteiger partial charge in [0, 0.05) is 24.8 Å². The summed E-state index contributed by atoms with van der Waals surface area (Å²) in [5.41, 5.74) is 6.83. The molecule has 0 radical (unpaired) electrons. The van der Waals surface area contributed by atoms with Gasteiger partial charge in [-0.1, -0.05) is 6.07 Å². The van der Waals surface area contributed by atoms with Crippen molar-refractivity contribution in [3.05, 3.63) is 29.6 Å². The lowest BCUT2D eigenvalue weighted by molar-refractivity contribution is -0.117. The molecule has 0 saturated carbocycles. The number of anilines is 1. The molecule has 2 rings (SSSR count). The number of rotatable bonds is 3. The van der Waals surface area contributed by atoms with Crippen LogP contribution in [0.3, 0.4) is 0 Å². The molecule has 1 aromatic carbocycles. The number of hydrogen-bond acceptors (Lipinski definition) is 3. The minimum Gasteiger partial charge on any atom is -0.326 e. The van der Waals surface area contributed by atoms with Crippen LogP contribution in [0, 0.1) is 12.7 Å². The number of halogens is 2. The molecule has 1 aliphatic rings. The molecule has 1 saturated heterocycles. The summed E-state index contributed by atoms with van der Waals surface area (Å²) < 4.78 is 13.3. The maximum atomic E-state index is 13.3. The standard InChI is InChI=1S/C13H18FN3O.ClH/c1-9-2-3-11(6-12(9)14)16-13(18)8-17-5-4-10(15)7-17;/h2-3,6,10H,4-5,7-8,15H2,1H3,(H,16,18);1H/t10-;/m1./s1. The highest BCUT2D eigenvalue weighted by atomic mass is 35.5. The molecule has 1 aliphatic heterocycles. The van der Waals surface area contributed by atoms with Gasteiger partial charge in [0.15, 0.2) is 0 Å². The predicted molar refractivity (Wildman–Crippen MR) is 76.0 cm³/mol. The number of carbonyl (C=O) groups excluding carboxylic acids is 1. The number of nitrogens with zero attached hydrogens (tertiary/aromatic N) is 1. The van der Waals surface area contributed by atoms with Gasteiger partial charge >= 0.3 is 0 Å². The second-order valence-electron chi connectivity index (χ2n) is 4.80. The van der Waals surface area contributed by atoms with Gasteiger partial charge in [-0.25, -0.2) is 4.39 Å². The van der Waals surface area contributed by atoms with Crippen molar-refractivity contribution in [2.45, 2.75) is 19.4 Å². The van der Waals surface area contributed by atoms with E-state index in [0.29, 0.717) is 17.8 Å². The molecule has 0 aromatic heterocycles. The zero-order valence-electron chi connectivity index (χ0n) is 10.9. The van der Waals surface area contributed by atoms with Gasteiger partial charge in [0.1, 0.15) is 5.82 Å². The van der Waals surface area contributed by atoms with Crippen LogP contribution in [0.25, 0.3) is 0 Å². The molecule has 6 heteroatoms. The molecule has 1 fully saturated rings. The zero-order chi connectivity index (χ0) is 13.1. The molecular formula is C13H19ClFN3O. The van der Waals surface area contributed by atoms with Crippen LogP contribution >= 0.6 is 12.4 Å². The summed E-state index contributed by atoms with van der Waals surface area (Å²) in [6, 6.07) is 4.85. The van der Waals surface area contributed by atoms with Crippen molar-refractivity contribution < 1.29 is 9.18 Å². The van der Waals surface area contributed by atoms with Crippen molar-refractivity contribution in [2.75, 3.05) is 25.0 Å². The van der Waals surface area contributed by atoms with Crippen molar-refractivity contribution in [1.82, 2.24) is 4.90 Å². The average molecular weight is 288 g/mol. The predicted octanol–water partition coefficient (Wildman–Crippen LogP) is 1.53. The quantitative estimate of drug-likeness (QED) is 0.886. The number of aryl methyl sites for hydroxylation is 1. The van der Waals surface area contributed by atoms with Crippen LogP contribution in [-0.2, 0) is 4.79 Å². The minimum atomic E-state index is -0.309. The second-order valence-corrected chi connectivity index (χ2v) is 4.80. The normalized spacial score (nSPS) is 19.0. The Labute approximate surface area is 118 Å². The van der Waals surface area contributed by atoms with E-state index in [2.05, 4.69) is 5.32 Å². The lowest BCUT2D eigenvalue weighted by Crippen LogP contribution is -2.33. The lowest BCUT2D eigenvalue weighted by atomic mass is 10.2. The van der Waals surface area contributed by atoms with Crippen LogP contribution in [0.5, 0.6) is 0 Å². The summed E-state index contributed by atoms with van der Waals surface area (Å²) in [5, 5.41) is 2.69. The lowest BCUT2D eigenvalue weighted by Gasteiger charge is -2.14. The summed E-state index contributed by atoms with van der Waals surface area (Å²) in [7, 11) is 0. The monoisotopic (exact) mass is 287 g/mol. The number of nitrogens with one attached hydrogen (secondary N) is 1. The average Bonchev–Trinajstić information content (AvgIpc) is 2.69. The van der Waals surface area contributed by atoms with Gasteiger partial charge < -0.3 is 11.1 Å². The number of nitrogens with two attached hydrogens (primary N) is 1. The third-order valence-corrected chi connectivity index (χ3v) is 3.13. The Kier molecular flexibility index (Phi) is 5.72. The highest BCUT2D eigenvalue weighted by Gasteiger charge is 2.20. The number of hydrogen-bond donors (Lipinski definition) is 2. The third-order valence-electron chi connectivity index (χ3n) is 3.13. The molecule has 0 spiro atoms. The first-order valence-corrected chi connectivity index (χ1v) is 6.08. The van der Waals surface area contributed by atoms with Gasteiger partial charge in [-0.2, -0.15) is 0 Å². The topological polar surface area (TPSA) is 58.4 Å². The van der Waals surface area contributed by atoms with E-state index >= 15 is 0 Å². The fourth-order valence-electron chi connectivity index (χ4n) is 2.08. The van der Waals surface area contributed by atoms with Crippen LogP contribution in [0.1, 0.15) is 12.0 Å². The van der Waals surface area contributed by atoms with Crippen LogP contribution in [0.2, 0.25) is 0 Å². The molecule has 3 N–H and O–H groups in total. The summed E-state index contributed by atoms with van der Waals surface area (Å²) in [6.45, 7) is 3.59. The maximum absolute atomic E-state index is 13.3. The van der Waals surface area contributed by atoms with Crippen LogP contribution in [0.4, 0.5) is 10.1 Å². The van der Waals surface area contributed by atoms with Gasteiger partial charge in [-0.05, 0) is 31.0 Å². The van der Waals surface area contributed by atoms with Gasteiger partial charge in [-0.3, -0.25) is 9.69 Å². The third kappa shape index (κ3) is 4.45. The first-order chi connectivity index (χ1) is 8.54. The van der Waals surface area contributed by atoms with Gasteiger partial charge in [0.25, 0.3) is 0 Å². The zero-order valence-corrected chi connectivity index (χ0v) is 11.7. The number of benzene rings is 1. The van der Waals surface area contributed by atoms with Crippen molar-refractivity contribution in [1.29, 1.82) is 0 Å². The molecular weight excluding hydrogens is 269 g/mol.